The Hall–Kier alpha value is -0.780. The van der Waals surface area contributed by atoms with Gasteiger partial charge in [-0.15, -0.1) is 11.3 Å². The first-order valence-electron chi connectivity index (χ1n) is 4.96. The first-order chi connectivity index (χ1) is 8.00. The Morgan fingerprint density at radius 1 is 1.24 bits per heavy atom. The lowest BCUT2D eigenvalue weighted by Gasteiger charge is -2.13. The molecule has 0 bridgehead atoms. The highest BCUT2D eigenvalue weighted by molar-refractivity contribution is 9.11. The fourth-order valence-electron chi connectivity index (χ4n) is 1.60. The maximum Gasteiger partial charge on any atom is 0.134 e. The molecule has 1 aromatic heterocycles. The summed E-state index contributed by atoms with van der Waals surface area (Å²) in [5.41, 5.74) is 6.24. The van der Waals surface area contributed by atoms with Crippen molar-refractivity contribution in [3.63, 3.8) is 0 Å². The lowest BCUT2D eigenvalue weighted by atomic mass is 10.0. The Morgan fingerprint density at radius 3 is 2.53 bits per heavy atom. The molecule has 0 aliphatic rings. The van der Waals surface area contributed by atoms with Crippen molar-refractivity contribution in [1.82, 2.24) is 0 Å². The lowest BCUT2D eigenvalue weighted by Crippen LogP contribution is -2.15. The van der Waals surface area contributed by atoms with Crippen LogP contribution < -0.4 is 5.73 Å². The van der Waals surface area contributed by atoms with Crippen LogP contribution in [0.25, 0.3) is 0 Å². The molecule has 1 aromatic carbocycles. The van der Waals surface area contributed by atoms with Crippen molar-refractivity contribution in [3.8, 4) is 0 Å². The molecule has 1 unspecified atom stereocenters. The van der Waals surface area contributed by atoms with Crippen LogP contribution in [0.4, 0.5) is 8.78 Å². The molecule has 17 heavy (non-hydrogen) atoms. The first-order valence-corrected chi connectivity index (χ1v) is 6.57. The molecule has 0 saturated heterocycles. The van der Waals surface area contributed by atoms with Crippen LogP contribution in [0.1, 0.15) is 22.0 Å². The highest BCUT2D eigenvalue weighted by Crippen LogP contribution is 2.32. The molecule has 2 N–H and O–H groups in total. The summed E-state index contributed by atoms with van der Waals surface area (Å²) in [7, 11) is 0. The fourth-order valence-corrected chi connectivity index (χ4v) is 3.04. The standard InChI is InChI=1S/C12H10BrF2NS/c1-6-2-3-7(14)10(11(6)15)12(16)8-4-5-9(13)17-8/h2-5,12H,16H2,1H3. The SMILES string of the molecule is Cc1ccc(F)c(C(N)c2ccc(Br)s2)c1F. The minimum absolute atomic E-state index is 0.0700. The molecular formula is C12H10BrF2NS. The van der Waals surface area contributed by atoms with E-state index in [1.54, 1.807) is 13.0 Å². The third kappa shape index (κ3) is 2.41. The van der Waals surface area contributed by atoms with E-state index in [2.05, 4.69) is 15.9 Å². The Kier molecular flexibility index (Phi) is 3.61. The molecule has 5 heteroatoms. The zero-order valence-electron chi connectivity index (χ0n) is 9.01. The summed E-state index contributed by atoms with van der Waals surface area (Å²) < 4.78 is 28.4. The number of benzene rings is 1. The Balaban J connectivity index is 2.50. The van der Waals surface area contributed by atoms with Crippen LogP contribution in [0.2, 0.25) is 0 Å². The molecule has 0 saturated carbocycles. The molecule has 0 amide bonds. The smallest absolute Gasteiger partial charge is 0.134 e. The van der Waals surface area contributed by atoms with Crippen LogP contribution in [0.5, 0.6) is 0 Å². The van der Waals surface area contributed by atoms with Crippen LogP contribution in [0, 0.1) is 18.6 Å². The van der Waals surface area contributed by atoms with Gasteiger partial charge in [0, 0.05) is 10.4 Å². The van der Waals surface area contributed by atoms with Crippen molar-refractivity contribution >= 4 is 27.3 Å². The quantitative estimate of drug-likeness (QED) is 0.884. The number of hydrogen-bond acceptors (Lipinski definition) is 2. The van der Waals surface area contributed by atoms with E-state index in [1.807, 2.05) is 6.07 Å². The predicted octanol–water partition coefficient (Wildman–Crippen LogP) is 4.15. The van der Waals surface area contributed by atoms with Crippen LogP contribution in [-0.4, -0.2) is 0 Å². The number of nitrogens with two attached hydrogens (primary N) is 1. The van der Waals surface area contributed by atoms with Crippen molar-refractivity contribution in [2.75, 3.05) is 0 Å². The van der Waals surface area contributed by atoms with E-state index in [0.717, 1.165) is 8.66 Å². The third-order valence-corrected chi connectivity index (χ3v) is 4.24. The molecule has 0 spiro atoms. The maximum absolute atomic E-state index is 13.9. The lowest BCUT2D eigenvalue weighted by molar-refractivity contribution is 0.539. The van der Waals surface area contributed by atoms with Gasteiger partial charge in [-0.3, -0.25) is 0 Å². The molecule has 0 radical (unpaired) electrons. The molecule has 0 fully saturated rings. The summed E-state index contributed by atoms with van der Waals surface area (Å²) in [4.78, 5) is 0.722. The summed E-state index contributed by atoms with van der Waals surface area (Å²) >= 11 is 4.67. The van der Waals surface area contributed by atoms with E-state index in [4.69, 9.17) is 5.73 Å². The van der Waals surface area contributed by atoms with Crippen molar-refractivity contribution < 1.29 is 8.78 Å². The molecule has 0 aliphatic carbocycles. The Morgan fingerprint density at radius 2 is 1.94 bits per heavy atom. The van der Waals surface area contributed by atoms with Crippen molar-refractivity contribution in [2.45, 2.75) is 13.0 Å². The van der Waals surface area contributed by atoms with E-state index in [9.17, 15) is 8.78 Å². The zero-order valence-corrected chi connectivity index (χ0v) is 11.4. The molecular weight excluding hydrogens is 308 g/mol. The summed E-state index contributed by atoms with van der Waals surface area (Å²) in [6.07, 6.45) is 0. The minimum atomic E-state index is -0.772. The Bertz CT molecular complexity index is 553. The van der Waals surface area contributed by atoms with Crippen molar-refractivity contribution in [2.24, 2.45) is 5.73 Å². The summed E-state index contributed by atoms with van der Waals surface area (Å²) in [6.45, 7) is 1.59. The van der Waals surface area contributed by atoms with E-state index in [-0.39, 0.29) is 5.56 Å². The average molecular weight is 318 g/mol. The van der Waals surface area contributed by atoms with Gasteiger partial charge in [-0.1, -0.05) is 6.07 Å². The van der Waals surface area contributed by atoms with E-state index >= 15 is 0 Å². The molecule has 1 atom stereocenters. The molecule has 90 valence electrons. The van der Waals surface area contributed by atoms with Gasteiger partial charge in [-0.25, -0.2) is 8.78 Å². The van der Waals surface area contributed by atoms with E-state index < -0.39 is 17.7 Å². The first kappa shape index (κ1) is 12.7. The van der Waals surface area contributed by atoms with Crippen molar-refractivity contribution in [3.05, 3.63) is 55.7 Å². The molecule has 1 heterocycles. The summed E-state index contributed by atoms with van der Waals surface area (Å²) in [5.74, 6) is -1.17. The van der Waals surface area contributed by atoms with Crippen LogP contribution in [-0.2, 0) is 0 Å². The largest absolute Gasteiger partial charge is 0.319 e. The summed E-state index contributed by atoms with van der Waals surface area (Å²) in [5, 5.41) is 0. The normalized spacial score (nSPS) is 12.8. The van der Waals surface area contributed by atoms with Crippen LogP contribution in [0.3, 0.4) is 0 Å². The number of thiophene rings is 1. The zero-order chi connectivity index (χ0) is 12.6. The van der Waals surface area contributed by atoms with Gasteiger partial charge in [-0.05, 0) is 46.6 Å². The fraction of sp³-hybridized carbons (Fsp3) is 0.167. The molecule has 2 rings (SSSR count). The average Bonchev–Trinajstić information content (AvgIpc) is 2.71. The molecule has 2 aromatic rings. The molecule has 1 nitrogen and oxygen atoms in total. The second-order valence-electron chi connectivity index (χ2n) is 3.71. The molecule has 0 aliphatic heterocycles. The topological polar surface area (TPSA) is 26.0 Å². The van der Waals surface area contributed by atoms with Gasteiger partial charge in [0.05, 0.1) is 9.83 Å². The van der Waals surface area contributed by atoms with Gasteiger partial charge in [0.2, 0.25) is 0 Å². The second kappa shape index (κ2) is 4.84. The van der Waals surface area contributed by atoms with Gasteiger partial charge in [-0.2, -0.15) is 0 Å². The van der Waals surface area contributed by atoms with Crippen LogP contribution >= 0.6 is 27.3 Å². The number of aryl methyl sites for hydroxylation is 1. The Labute approximate surface area is 110 Å². The third-order valence-electron chi connectivity index (χ3n) is 2.53. The number of rotatable bonds is 2. The highest BCUT2D eigenvalue weighted by atomic mass is 79.9. The van der Waals surface area contributed by atoms with E-state index in [1.165, 1.54) is 23.5 Å². The van der Waals surface area contributed by atoms with Crippen molar-refractivity contribution in [1.29, 1.82) is 0 Å². The monoisotopic (exact) mass is 317 g/mol. The van der Waals surface area contributed by atoms with E-state index in [0.29, 0.717) is 5.56 Å². The summed E-state index contributed by atoms with van der Waals surface area (Å²) in [6, 6.07) is 5.46. The van der Waals surface area contributed by atoms with Gasteiger partial charge >= 0.3 is 0 Å². The second-order valence-corrected chi connectivity index (χ2v) is 6.21. The highest BCUT2D eigenvalue weighted by Gasteiger charge is 2.21. The maximum atomic E-state index is 13.9. The van der Waals surface area contributed by atoms with Gasteiger partial charge in [0.1, 0.15) is 11.6 Å². The minimum Gasteiger partial charge on any atom is -0.319 e. The van der Waals surface area contributed by atoms with Gasteiger partial charge in [0.25, 0.3) is 0 Å². The van der Waals surface area contributed by atoms with Crippen LogP contribution in [0.15, 0.2) is 28.1 Å². The predicted molar refractivity (Wildman–Crippen MR) is 69.1 cm³/mol. The number of hydrogen-bond donors (Lipinski definition) is 1. The van der Waals surface area contributed by atoms with Gasteiger partial charge in [0.15, 0.2) is 0 Å². The number of halogens is 3. The van der Waals surface area contributed by atoms with Gasteiger partial charge < -0.3 is 5.73 Å².